The van der Waals surface area contributed by atoms with Crippen molar-refractivity contribution in [3.05, 3.63) is 60.2 Å². The van der Waals surface area contributed by atoms with Gasteiger partial charge in [0.15, 0.2) is 0 Å². The van der Waals surface area contributed by atoms with Crippen molar-refractivity contribution in [2.45, 2.75) is 12.8 Å². The molecule has 2 amide bonds. The molecule has 1 saturated heterocycles. The number of primary amides is 1. The van der Waals surface area contributed by atoms with Gasteiger partial charge in [0.1, 0.15) is 11.5 Å². The maximum atomic E-state index is 12.8. The third-order valence-electron chi connectivity index (χ3n) is 4.15. The highest BCUT2D eigenvalue weighted by molar-refractivity contribution is 5.97. The average molecular weight is 324 g/mol. The fraction of sp³-hybridized carbons (Fsp3) is 0.263. The van der Waals surface area contributed by atoms with Gasteiger partial charge in [0.05, 0.1) is 5.56 Å². The van der Waals surface area contributed by atoms with Crippen LogP contribution in [-0.2, 0) is 4.79 Å². The van der Waals surface area contributed by atoms with Crippen molar-refractivity contribution in [3.8, 4) is 11.5 Å². The molecule has 2 N–H and O–H groups in total. The predicted octanol–water partition coefficient (Wildman–Crippen LogP) is 2.82. The van der Waals surface area contributed by atoms with Crippen LogP contribution in [0.15, 0.2) is 54.6 Å². The first-order valence-corrected chi connectivity index (χ1v) is 8.03. The van der Waals surface area contributed by atoms with E-state index in [1.807, 2.05) is 42.5 Å². The molecule has 1 aliphatic rings. The number of carbonyl (C=O) groups is 2. The molecule has 0 saturated carbocycles. The Hall–Kier alpha value is -2.82. The minimum atomic E-state index is -0.317. The molecule has 0 spiro atoms. The maximum Gasteiger partial charge on any atom is 0.257 e. The molecule has 1 heterocycles. The number of rotatable bonds is 5. The Morgan fingerprint density at radius 1 is 1.08 bits per heavy atom. The Bertz CT molecular complexity index is 730. The van der Waals surface area contributed by atoms with Gasteiger partial charge in [-0.3, -0.25) is 9.59 Å². The fourth-order valence-electron chi connectivity index (χ4n) is 2.99. The highest BCUT2D eigenvalue weighted by atomic mass is 16.5. The van der Waals surface area contributed by atoms with Crippen LogP contribution >= 0.6 is 0 Å². The van der Waals surface area contributed by atoms with Gasteiger partial charge in [-0.1, -0.05) is 30.3 Å². The van der Waals surface area contributed by atoms with E-state index in [1.54, 1.807) is 17.0 Å². The van der Waals surface area contributed by atoms with Crippen LogP contribution in [0.4, 0.5) is 0 Å². The molecule has 0 radical (unpaired) electrons. The molecule has 0 aromatic heterocycles. The number of para-hydroxylation sites is 2. The number of likely N-dealkylation sites (tertiary alicyclic amines) is 1. The fourth-order valence-corrected chi connectivity index (χ4v) is 2.99. The lowest BCUT2D eigenvalue weighted by atomic mass is 10.1. The van der Waals surface area contributed by atoms with Gasteiger partial charge in [-0.2, -0.15) is 0 Å². The maximum absolute atomic E-state index is 12.8. The number of nitrogens with two attached hydrogens (primary N) is 1. The van der Waals surface area contributed by atoms with Crippen LogP contribution in [0, 0.1) is 5.92 Å². The number of benzene rings is 2. The zero-order valence-corrected chi connectivity index (χ0v) is 13.4. The number of carbonyl (C=O) groups excluding carboxylic acids is 2. The summed E-state index contributed by atoms with van der Waals surface area (Å²) < 4.78 is 5.86. The first-order valence-electron chi connectivity index (χ1n) is 8.03. The van der Waals surface area contributed by atoms with E-state index in [0.717, 1.165) is 6.42 Å². The molecule has 24 heavy (non-hydrogen) atoms. The molecule has 1 aliphatic heterocycles. The molecule has 3 rings (SSSR count). The van der Waals surface area contributed by atoms with Crippen molar-refractivity contribution >= 4 is 11.8 Å². The lowest BCUT2D eigenvalue weighted by Gasteiger charge is -2.18. The van der Waals surface area contributed by atoms with Crippen molar-refractivity contribution in [2.75, 3.05) is 13.1 Å². The second-order valence-corrected chi connectivity index (χ2v) is 5.99. The number of ether oxygens (including phenoxy) is 1. The molecule has 0 bridgehead atoms. The van der Waals surface area contributed by atoms with E-state index in [4.69, 9.17) is 10.5 Å². The Kier molecular flexibility index (Phi) is 4.79. The summed E-state index contributed by atoms with van der Waals surface area (Å²) in [5.74, 6) is 0.974. The second kappa shape index (κ2) is 7.17. The highest BCUT2D eigenvalue weighted by Crippen LogP contribution is 2.28. The summed E-state index contributed by atoms with van der Waals surface area (Å²) in [7, 11) is 0. The Morgan fingerprint density at radius 2 is 1.79 bits per heavy atom. The van der Waals surface area contributed by atoms with Crippen molar-refractivity contribution in [2.24, 2.45) is 11.7 Å². The first-order chi connectivity index (χ1) is 11.6. The van der Waals surface area contributed by atoms with Crippen LogP contribution < -0.4 is 10.5 Å². The van der Waals surface area contributed by atoms with E-state index in [-0.39, 0.29) is 17.7 Å². The quantitative estimate of drug-likeness (QED) is 0.919. The van der Waals surface area contributed by atoms with Gasteiger partial charge in [0, 0.05) is 19.5 Å². The van der Waals surface area contributed by atoms with Crippen molar-refractivity contribution in [1.82, 2.24) is 4.90 Å². The van der Waals surface area contributed by atoms with Crippen LogP contribution in [0.3, 0.4) is 0 Å². The summed E-state index contributed by atoms with van der Waals surface area (Å²) >= 11 is 0. The van der Waals surface area contributed by atoms with Gasteiger partial charge < -0.3 is 15.4 Å². The molecule has 5 nitrogen and oxygen atoms in total. The van der Waals surface area contributed by atoms with Crippen LogP contribution in [0.1, 0.15) is 23.2 Å². The monoisotopic (exact) mass is 324 g/mol. The first kappa shape index (κ1) is 16.1. The summed E-state index contributed by atoms with van der Waals surface area (Å²) in [4.78, 5) is 25.6. The molecule has 2 aromatic carbocycles. The Labute approximate surface area is 141 Å². The minimum absolute atomic E-state index is 0.0755. The lowest BCUT2D eigenvalue weighted by Crippen LogP contribution is -2.29. The topological polar surface area (TPSA) is 72.6 Å². The molecule has 124 valence electrons. The number of hydrogen-bond acceptors (Lipinski definition) is 3. The van der Waals surface area contributed by atoms with E-state index >= 15 is 0 Å². The van der Waals surface area contributed by atoms with Crippen molar-refractivity contribution < 1.29 is 14.3 Å². The van der Waals surface area contributed by atoms with Crippen molar-refractivity contribution in [3.63, 3.8) is 0 Å². The van der Waals surface area contributed by atoms with E-state index in [2.05, 4.69) is 0 Å². The smallest absolute Gasteiger partial charge is 0.257 e. The minimum Gasteiger partial charge on any atom is -0.457 e. The molecular weight excluding hydrogens is 304 g/mol. The summed E-state index contributed by atoms with van der Waals surface area (Å²) in [6.45, 7) is 1.19. The summed E-state index contributed by atoms with van der Waals surface area (Å²) in [6.07, 6.45) is 1.13. The molecular formula is C19H20N2O3. The number of nitrogens with zero attached hydrogens (tertiary/aromatic N) is 1. The molecule has 1 unspecified atom stereocenters. The zero-order valence-electron chi connectivity index (χ0n) is 13.4. The number of hydrogen-bond donors (Lipinski definition) is 1. The third kappa shape index (κ3) is 3.74. The lowest BCUT2D eigenvalue weighted by molar-refractivity contribution is -0.118. The zero-order chi connectivity index (χ0) is 16.9. The third-order valence-corrected chi connectivity index (χ3v) is 4.15. The molecule has 1 fully saturated rings. The molecule has 0 aliphatic carbocycles. The predicted molar refractivity (Wildman–Crippen MR) is 90.8 cm³/mol. The van der Waals surface area contributed by atoms with Gasteiger partial charge in [-0.25, -0.2) is 0 Å². The number of amides is 2. The van der Waals surface area contributed by atoms with Gasteiger partial charge in [-0.05, 0) is 36.6 Å². The van der Waals surface area contributed by atoms with E-state index in [0.29, 0.717) is 36.6 Å². The Morgan fingerprint density at radius 3 is 2.54 bits per heavy atom. The molecule has 1 atom stereocenters. The van der Waals surface area contributed by atoms with Gasteiger partial charge >= 0.3 is 0 Å². The second-order valence-electron chi connectivity index (χ2n) is 5.99. The largest absolute Gasteiger partial charge is 0.457 e. The van der Waals surface area contributed by atoms with E-state index in [1.165, 1.54) is 0 Å². The van der Waals surface area contributed by atoms with Gasteiger partial charge in [0.2, 0.25) is 5.91 Å². The molecule has 2 aromatic rings. The standard InChI is InChI=1S/C19H20N2O3/c20-18(22)12-14-10-11-21(13-14)19(23)16-8-4-5-9-17(16)24-15-6-2-1-3-7-15/h1-9,14H,10-13H2,(H2,20,22). The van der Waals surface area contributed by atoms with Crippen molar-refractivity contribution in [1.29, 1.82) is 0 Å². The SMILES string of the molecule is NC(=O)CC1CCN(C(=O)c2ccccc2Oc2ccccc2)C1. The summed E-state index contributed by atoms with van der Waals surface area (Å²) in [6, 6.07) is 16.6. The van der Waals surface area contributed by atoms with E-state index < -0.39 is 0 Å². The molecule has 5 heteroatoms. The van der Waals surface area contributed by atoms with Crippen LogP contribution in [0.2, 0.25) is 0 Å². The average Bonchev–Trinajstić information content (AvgIpc) is 3.03. The van der Waals surface area contributed by atoms with Crippen LogP contribution in [0.5, 0.6) is 11.5 Å². The Balaban J connectivity index is 1.75. The van der Waals surface area contributed by atoms with Crippen LogP contribution in [0.25, 0.3) is 0 Å². The highest BCUT2D eigenvalue weighted by Gasteiger charge is 2.29. The van der Waals surface area contributed by atoms with Gasteiger partial charge in [0.25, 0.3) is 5.91 Å². The van der Waals surface area contributed by atoms with Crippen LogP contribution in [-0.4, -0.2) is 29.8 Å². The summed E-state index contributed by atoms with van der Waals surface area (Å²) in [5, 5.41) is 0. The van der Waals surface area contributed by atoms with E-state index in [9.17, 15) is 9.59 Å². The normalized spacial score (nSPS) is 16.8. The summed E-state index contributed by atoms with van der Waals surface area (Å²) in [5.41, 5.74) is 5.78. The van der Waals surface area contributed by atoms with Gasteiger partial charge in [-0.15, -0.1) is 0 Å².